The molecule has 1 aliphatic rings. The van der Waals surface area contributed by atoms with Crippen LogP contribution in [0.5, 0.6) is 0 Å². The molecule has 86 valence electrons. The summed E-state index contributed by atoms with van der Waals surface area (Å²) in [5.41, 5.74) is 4.40. The third-order valence-corrected chi connectivity index (χ3v) is 3.31. The molecule has 0 aromatic heterocycles. The van der Waals surface area contributed by atoms with E-state index in [9.17, 15) is 0 Å². The third-order valence-electron chi connectivity index (χ3n) is 3.31. The summed E-state index contributed by atoms with van der Waals surface area (Å²) >= 11 is 0. The lowest BCUT2D eigenvalue weighted by atomic mass is 10.0. The first kappa shape index (κ1) is 11.4. The molecule has 0 radical (unpaired) electrons. The van der Waals surface area contributed by atoms with Gasteiger partial charge in [0, 0.05) is 13.1 Å². The average Bonchev–Trinajstić information content (AvgIpc) is 2.47. The van der Waals surface area contributed by atoms with Crippen LogP contribution in [0.15, 0.2) is 35.9 Å². The van der Waals surface area contributed by atoms with Crippen molar-refractivity contribution in [3.05, 3.63) is 47.0 Å². The second-order valence-electron chi connectivity index (χ2n) is 4.87. The third kappa shape index (κ3) is 3.21. The predicted molar refractivity (Wildman–Crippen MR) is 69.7 cm³/mol. The Morgan fingerprint density at radius 3 is 2.62 bits per heavy atom. The summed E-state index contributed by atoms with van der Waals surface area (Å²) in [6.07, 6.45) is 6.00. The zero-order chi connectivity index (χ0) is 11.4. The molecule has 0 saturated carbocycles. The van der Waals surface area contributed by atoms with Crippen LogP contribution in [0.4, 0.5) is 0 Å². The van der Waals surface area contributed by atoms with Gasteiger partial charge >= 0.3 is 0 Å². The van der Waals surface area contributed by atoms with Gasteiger partial charge in [0.05, 0.1) is 0 Å². The van der Waals surface area contributed by atoms with Gasteiger partial charge in [-0.15, -0.1) is 0 Å². The van der Waals surface area contributed by atoms with Gasteiger partial charge in [-0.1, -0.05) is 41.5 Å². The summed E-state index contributed by atoms with van der Waals surface area (Å²) in [5.74, 6) is 0. The van der Waals surface area contributed by atoms with Crippen LogP contribution in [0, 0.1) is 6.92 Å². The minimum absolute atomic E-state index is 1.13. The molecule has 0 saturated heterocycles. The zero-order valence-electron chi connectivity index (χ0n) is 10.4. The van der Waals surface area contributed by atoms with Crippen molar-refractivity contribution in [2.45, 2.75) is 26.2 Å². The number of nitrogens with zero attached hydrogens (tertiary/aromatic N) is 1. The number of hydrogen-bond acceptors (Lipinski definition) is 1. The van der Waals surface area contributed by atoms with E-state index in [4.69, 9.17) is 0 Å². The van der Waals surface area contributed by atoms with E-state index in [1.54, 1.807) is 5.57 Å². The van der Waals surface area contributed by atoms with E-state index < -0.39 is 0 Å². The number of hydrogen-bond donors (Lipinski definition) is 0. The van der Waals surface area contributed by atoms with Crippen LogP contribution in [0.2, 0.25) is 0 Å². The predicted octanol–water partition coefficient (Wildman–Crippen LogP) is 3.19. The molecule has 16 heavy (non-hydrogen) atoms. The van der Waals surface area contributed by atoms with Crippen molar-refractivity contribution in [1.29, 1.82) is 0 Å². The van der Waals surface area contributed by atoms with Crippen molar-refractivity contribution in [2.24, 2.45) is 0 Å². The molecule has 0 atom stereocenters. The van der Waals surface area contributed by atoms with Crippen LogP contribution in [0.1, 0.15) is 24.0 Å². The van der Waals surface area contributed by atoms with Gasteiger partial charge in [-0.05, 0) is 38.8 Å². The van der Waals surface area contributed by atoms with Gasteiger partial charge in [0.1, 0.15) is 0 Å². The summed E-state index contributed by atoms with van der Waals surface area (Å²) in [7, 11) is 2.21. The molecule has 0 amide bonds. The average molecular weight is 215 g/mol. The van der Waals surface area contributed by atoms with Crippen molar-refractivity contribution in [2.75, 3.05) is 20.1 Å². The first-order valence-corrected chi connectivity index (χ1v) is 6.16. The van der Waals surface area contributed by atoms with E-state index in [1.807, 2.05) is 0 Å². The fourth-order valence-corrected chi connectivity index (χ4v) is 2.17. The Balaban J connectivity index is 1.98. The van der Waals surface area contributed by atoms with Gasteiger partial charge < -0.3 is 4.90 Å². The van der Waals surface area contributed by atoms with Crippen LogP contribution in [-0.4, -0.2) is 25.0 Å². The van der Waals surface area contributed by atoms with Crippen molar-refractivity contribution in [3.63, 3.8) is 0 Å². The first-order valence-electron chi connectivity index (χ1n) is 6.16. The molecule has 0 N–H and O–H groups in total. The Labute approximate surface area is 98.8 Å². The maximum absolute atomic E-state index is 2.43. The Bertz CT molecular complexity index is 362. The van der Waals surface area contributed by atoms with Crippen LogP contribution in [-0.2, 0) is 6.42 Å². The Kier molecular flexibility index (Phi) is 3.79. The van der Waals surface area contributed by atoms with E-state index in [0.717, 1.165) is 6.42 Å². The highest BCUT2D eigenvalue weighted by molar-refractivity contribution is 5.26. The molecular weight excluding hydrogens is 194 g/mol. The Morgan fingerprint density at radius 1 is 1.12 bits per heavy atom. The molecular formula is C15H21N. The van der Waals surface area contributed by atoms with Crippen LogP contribution >= 0.6 is 0 Å². The smallest absolute Gasteiger partial charge is 0.00158 e. The largest absolute Gasteiger partial charge is 0.306 e. The fourth-order valence-electron chi connectivity index (χ4n) is 2.17. The topological polar surface area (TPSA) is 3.24 Å². The molecule has 1 aromatic carbocycles. The standard InChI is InChI=1S/C15H21N/c1-13-5-7-15(8-6-13)12-14-4-3-10-16(2)11-9-14/h4-8H,3,9-12H2,1-2H3. The number of rotatable bonds is 2. The zero-order valence-corrected chi connectivity index (χ0v) is 10.4. The molecule has 1 nitrogen and oxygen atoms in total. The van der Waals surface area contributed by atoms with Crippen molar-refractivity contribution < 1.29 is 0 Å². The lowest BCUT2D eigenvalue weighted by molar-refractivity contribution is 0.352. The fraction of sp³-hybridized carbons (Fsp3) is 0.467. The quantitative estimate of drug-likeness (QED) is 0.685. The highest BCUT2D eigenvalue weighted by Crippen LogP contribution is 2.16. The maximum Gasteiger partial charge on any atom is 0.00158 e. The molecule has 0 spiro atoms. The van der Waals surface area contributed by atoms with E-state index in [2.05, 4.69) is 49.2 Å². The van der Waals surface area contributed by atoms with E-state index in [-0.39, 0.29) is 0 Å². The maximum atomic E-state index is 2.43. The molecule has 0 aliphatic carbocycles. The van der Waals surface area contributed by atoms with Crippen molar-refractivity contribution in [1.82, 2.24) is 4.90 Å². The molecule has 1 aromatic rings. The first-order chi connectivity index (χ1) is 7.74. The van der Waals surface area contributed by atoms with Gasteiger partial charge in [-0.2, -0.15) is 0 Å². The van der Waals surface area contributed by atoms with Crippen LogP contribution in [0.3, 0.4) is 0 Å². The normalized spacial score (nSPS) is 18.0. The van der Waals surface area contributed by atoms with Gasteiger partial charge in [0.2, 0.25) is 0 Å². The lowest BCUT2D eigenvalue weighted by Crippen LogP contribution is -2.18. The summed E-state index contributed by atoms with van der Waals surface area (Å²) in [4.78, 5) is 2.42. The van der Waals surface area contributed by atoms with Gasteiger partial charge in [0.15, 0.2) is 0 Å². The lowest BCUT2D eigenvalue weighted by Gasteiger charge is -2.12. The minimum atomic E-state index is 1.13. The molecule has 1 heterocycles. The van der Waals surface area contributed by atoms with Gasteiger partial charge in [0.25, 0.3) is 0 Å². The van der Waals surface area contributed by atoms with Crippen molar-refractivity contribution in [3.8, 4) is 0 Å². The molecule has 2 rings (SSSR count). The minimum Gasteiger partial charge on any atom is -0.306 e. The highest BCUT2D eigenvalue weighted by Gasteiger charge is 2.06. The molecule has 0 unspecified atom stereocenters. The summed E-state index contributed by atoms with van der Waals surface area (Å²) in [5, 5.41) is 0. The van der Waals surface area contributed by atoms with Crippen molar-refractivity contribution >= 4 is 0 Å². The van der Waals surface area contributed by atoms with E-state index in [0.29, 0.717) is 0 Å². The van der Waals surface area contributed by atoms with E-state index in [1.165, 1.54) is 37.1 Å². The SMILES string of the molecule is Cc1ccc(CC2=CCCN(C)CC2)cc1. The monoisotopic (exact) mass is 215 g/mol. The Morgan fingerprint density at radius 2 is 1.88 bits per heavy atom. The molecule has 0 bridgehead atoms. The summed E-state index contributed by atoms with van der Waals surface area (Å²) < 4.78 is 0. The molecule has 0 fully saturated rings. The second-order valence-corrected chi connectivity index (χ2v) is 4.87. The number of aryl methyl sites for hydroxylation is 1. The van der Waals surface area contributed by atoms with Gasteiger partial charge in [-0.3, -0.25) is 0 Å². The summed E-state index contributed by atoms with van der Waals surface area (Å²) in [6, 6.07) is 8.92. The number of benzene rings is 1. The molecule has 1 heteroatoms. The van der Waals surface area contributed by atoms with Crippen LogP contribution in [0.25, 0.3) is 0 Å². The summed E-state index contributed by atoms with van der Waals surface area (Å²) in [6.45, 7) is 4.55. The van der Waals surface area contributed by atoms with Crippen LogP contribution < -0.4 is 0 Å². The van der Waals surface area contributed by atoms with Gasteiger partial charge in [-0.25, -0.2) is 0 Å². The van der Waals surface area contributed by atoms with E-state index >= 15 is 0 Å². The molecule has 1 aliphatic heterocycles. The second kappa shape index (κ2) is 5.31. The Hall–Kier alpha value is -1.08. The highest BCUT2D eigenvalue weighted by atomic mass is 15.1.